The average molecular weight is 423 g/mol. The number of thioether (sulfide) groups is 1. The number of Topliss-reactive ketones (excluding diaryl/α,β-unsaturated/α-hetero) is 1. The summed E-state index contributed by atoms with van der Waals surface area (Å²) in [5, 5.41) is 9.16. The first kappa shape index (κ1) is 20.2. The zero-order valence-electron chi connectivity index (χ0n) is 16.9. The molecule has 1 saturated heterocycles. The Morgan fingerprint density at radius 3 is 2.67 bits per heavy atom. The van der Waals surface area contributed by atoms with E-state index in [0.717, 1.165) is 29.2 Å². The van der Waals surface area contributed by atoms with Gasteiger partial charge in [0.2, 0.25) is 5.91 Å². The molecule has 1 aliphatic heterocycles. The van der Waals surface area contributed by atoms with E-state index in [0.29, 0.717) is 23.7 Å². The first-order chi connectivity index (χ1) is 14.6. The number of hydrogen-bond donors (Lipinski definition) is 0. The van der Waals surface area contributed by atoms with Gasteiger partial charge in [-0.3, -0.25) is 9.59 Å². The fourth-order valence-corrected chi connectivity index (χ4v) is 4.22. The Hall–Kier alpha value is -3.13. The quantitative estimate of drug-likeness (QED) is 0.428. The minimum atomic E-state index is -0.0116. The van der Waals surface area contributed by atoms with Crippen molar-refractivity contribution in [3.8, 4) is 17.1 Å². The van der Waals surface area contributed by atoms with Gasteiger partial charge < -0.3 is 14.2 Å². The van der Waals surface area contributed by atoms with E-state index in [1.165, 1.54) is 11.8 Å². The molecular weight excluding hydrogens is 400 g/mol. The number of methoxy groups -OCH3 is 1. The van der Waals surface area contributed by atoms with Crippen molar-refractivity contribution in [1.82, 2.24) is 14.8 Å². The largest absolute Gasteiger partial charge is 0.497 e. The molecule has 30 heavy (non-hydrogen) atoms. The monoisotopic (exact) mass is 422 g/mol. The number of rotatable bonds is 7. The summed E-state index contributed by atoms with van der Waals surface area (Å²) in [6.45, 7) is 0.707. The molecule has 0 saturated carbocycles. The van der Waals surface area contributed by atoms with E-state index in [4.69, 9.17) is 4.74 Å². The predicted octanol–water partition coefficient (Wildman–Crippen LogP) is 3.59. The van der Waals surface area contributed by atoms with Crippen LogP contribution in [0.5, 0.6) is 5.75 Å². The lowest BCUT2D eigenvalue weighted by Gasteiger charge is -2.16. The number of aromatic nitrogens is 3. The number of nitrogens with zero attached hydrogens (tertiary/aromatic N) is 4. The number of hydrogen-bond acceptors (Lipinski definition) is 6. The Morgan fingerprint density at radius 2 is 1.97 bits per heavy atom. The maximum atomic E-state index is 12.7. The van der Waals surface area contributed by atoms with Crippen LogP contribution in [0, 0.1) is 0 Å². The lowest BCUT2D eigenvalue weighted by molar-refractivity contribution is -0.117. The number of amides is 1. The van der Waals surface area contributed by atoms with Crippen LogP contribution in [-0.4, -0.2) is 45.9 Å². The number of benzene rings is 2. The normalized spacial score (nSPS) is 13.7. The molecule has 154 valence electrons. The smallest absolute Gasteiger partial charge is 0.227 e. The van der Waals surface area contributed by atoms with Gasteiger partial charge >= 0.3 is 0 Å². The van der Waals surface area contributed by atoms with Crippen LogP contribution in [0.3, 0.4) is 0 Å². The molecule has 0 N–H and O–H groups in total. The zero-order chi connectivity index (χ0) is 21.1. The number of anilines is 1. The molecule has 4 rings (SSSR count). The molecular formula is C22H22N4O3S. The van der Waals surface area contributed by atoms with Gasteiger partial charge in [0.1, 0.15) is 5.75 Å². The van der Waals surface area contributed by atoms with Gasteiger partial charge in [0.15, 0.2) is 16.8 Å². The first-order valence-electron chi connectivity index (χ1n) is 9.67. The van der Waals surface area contributed by atoms with Gasteiger partial charge in [-0.1, -0.05) is 23.9 Å². The Kier molecular flexibility index (Phi) is 5.85. The van der Waals surface area contributed by atoms with Gasteiger partial charge in [-0.25, -0.2) is 0 Å². The van der Waals surface area contributed by atoms with E-state index < -0.39 is 0 Å². The molecule has 8 heteroatoms. The molecule has 7 nitrogen and oxygen atoms in total. The van der Waals surface area contributed by atoms with E-state index in [1.807, 2.05) is 48.0 Å². The Morgan fingerprint density at radius 1 is 1.17 bits per heavy atom. The Balaban J connectivity index is 1.44. The summed E-state index contributed by atoms with van der Waals surface area (Å²) >= 11 is 1.35. The summed E-state index contributed by atoms with van der Waals surface area (Å²) in [5.41, 5.74) is 2.30. The third-order valence-electron chi connectivity index (χ3n) is 5.07. The highest BCUT2D eigenvalue weighted by molar-refractivity contribution is 7.99. The maximum absolute atomic E-state index is 12.7. The number of carbonyl (C=O) groups excluding carboxylic acids is 2. The van der Waals surface area contributed by atoms with Crippen molar-refractivity contribution in [2.45, 2.75) is 18.0 Å². The molecule has 0 radical (unpaired) electrons. The molecule has 0 aliphatic carbocycles. The molecule has 0 spiro atoms. The Bertz CT molecular complexity index is 1080. The van der Waals surface area contributed by atoms with E-state index in [9.17, 15) is 9.59 Å². The van der Waals surface area contributed by atoms with Crippen LogP contribution in [0.15, 0.2) is 53.7 Å². The molecule has 0 bridgehead atoms. The standard InChI is InChI=1S/C22H22N4O3S/c1-25-21(15-8-10-18(29-2)11-9-15)23-24-22(25)30-14-19(27)16-5-3-6-17(13-16)26-12-4-7-20(26)28/h3,5-6,8-11,13H,4,7,12,14H2,1-2H3. The molecule has 1 aliphatic rings. The highest BCUT2D eigenvalue weighted by Gasteiger charge is 2.22. The van der Waals surface area contributed by atoms with E-state index in [1.54, 1.807) is 24.1 Å². The summed E-state index contributed by atoms with van der Waals surface area (Å²) < 4.78 is 7.06. The molecule has 2 heterocycles. The average Bonchev–Trinajstić information content (AvgIpc) is 3.37. The van der Waals surface area contributed by atoms with Crippen molar-refractivity contribution in [3.05, 3.63) is 54.1 Å². The number of carbonyl (C=O) groups is 2. The van der Waals surface area contributed by atoms with Crippen LogP contribution in [0.4, 0.5) is 5.69 Å². The highest BCUT2D eigenvalue weighted by Crippen LogP contribution is 2.26. The van der Waals surface area contributed by atoms with Crippen molar-refractivity contribution in [2.24, 2.45) is 7.05 Å². The minimum absolute atomic E-state index is 0.0116. The van der Waals surface area contributed by atoms with Crippen LogP contribution in [0.1, 0.15) is 23.2 Å². The minimum Gasteiger partial charge on any atom is -0.497 e. The van der Waals surface area contributed by atoms with E-state index >= 15 is 0 Å². The maximum Gasteiger partial charge on any atom is 0.227 e. The molecule has 0 unspecified atom stereocenters. The van der Waals surface area contributed by atoms with Crippen LogP contribution in [0.2, 0.25) is 0 Å². The van der Waals surface area contributed by atoms with Gasteiger partial charge in [0.05, 0.1) is 12.9 Å². The summed E-state index contributed by atoms with van der Waals surface area (Å²) in [7, 11) is 3.51. The molecule has 3 aromatic rings. The first-order valence-corrected chi connectivity index (χ1v) is 10.7. The zero-order valence-corrected chi connectivity index (χ0v) is 17.7. The summed E-state index contributed by atoms with van der Waals surface area (Å²) in [6, 6.07) is 14.9. The summed E-state index contributed by atoms with van der Waals surface area (Å²) in [4.78, 5) is 26.4. The van der Waals surface area contributed by atoms with Crippen molar-refractivity contribution in [1.29, 1.82) is 0 Å². The summed E-state index contributed by atoms with van der Waals surface area (Å²) in [6.07, 6.45) is 1.42. The third kappa shape index (κ3) is 4.09. The van der Waals surface area contributed by atoms with Crippen molar-refractivity contribution in [2.75, 3.05) is 24.3 Å². The lowest BCUT2D eigenvalue weighted by Crippen LogP contribution is -2.23. The van der Waals surface area contributed by atoms with Gasteiger partial charge in [-0.05, 0) is 42.8 Å². The van der Waals surface area contributed by atoms with Gasteiger partial charge in [-0.2, -0.15) is 0 Å². The Labute approximate surface area is 179 Å². The summed E-state index contributed by atoms with van der Waals surface area (Å²) in [5.74, 6) is 1.84. The van der Waals surface area contributed by atoms with Gasteiger partial charge in [0, 0.05) is 36.8 Å². The van der Waals surface area contributed by atoms with Crippen LogP contribution in [0.25, 0.3) is 11.4 Å². The van der Waals surface area contributed by atoms with Crippen molar-refractivity contribution >= 4 is 29.1 Å². The van der Waals surface area contributed by atoms with Crippen molar-refractivity contribution in [3.63, 3.8) is 0 Å². The SMILES string of the molecule is COc1ccc(-c2nnc(SCC(=O)c3cccc(N4CCCC4=O)c3)n2C)cc1. The molecule has 1 aromatic heterocycles. The second-order valence-corrected chi connectivity index (χ2v) is 7.95. The van der Waals surface area contributed by atoms with Crippen LogP contribution < -0.4 is 9.64 Å². The second-order valence-electron chi connectivity index (χ2n) is 7.00. The fourth-order valence-electron chi connectivity index (χ4n) is 3.41. The van der Waals surface area contributed by atoms with Crippen LogP contribution in [-0.2, 0) is 11.8 Å². The van der Waals surface area contributed by atoms with E-state index in [2.05, 4.69) is 10.2 Å². The number of ether oxygens (including phenoxy) is 1. The topological polar surface area (TPSA) is 77.3 Å². The number of ketones is 1. The fraction of sp³-hybridized carbons (Fsp3) is 0.273. The van der Waals surface area contributed by atoms with Crippen molar-refractivity contribution < 1.29 is 14.3 Å². The lowest BCUT2D eigenvalue weighted by atomic mass is 10.1. The molecule has 1 fully saturated rings. The molecule has 1 amide bonds. The predicted molar refractivity (Wildman–Crippen MR) is 116 cm³/mol. The second kappa shape index (κ2) is 8.71. The van der Waals surface area contributed by atoms with Crippen LogP contribution >= 0.6 is 11.8 Å². The molecule has 0 atom stereocenters. The van der Waals surface area contributed by atoms with Gasteiger partial charge in [-0.15, -0.1) is 10.2 Å². The molecule has 2 aromatic carbocycles. The third-order valence-corrected chi connectivity index (χ3v) is 6.09. The van der Waals surface area contributed by atoms with E-state index in [-0.39, 0.29) is 17.4 Å². The van der Waals surface area contributed by atoms with Gasteiger partial charge in [0.25, 0.3) is 0 Å². The highest BCUT2D eigenvalue weighted by atomic mass is 32.2.